The van der Waals surface area contributed by atoms with E-state index in [0.29, 0.717) is 5.56 Å². The molecule has 0 unspecified atom stereocenters. The molecule has 4 rings (SSSR count). The summed E-state index contributed by atoms with van der Waals surface area (Å²) in [6.45, 7) is 0.439. The van der Waals surface area contributed by atoms with Gasteiger partial charge in [-0.2, -0.15) is 0 Å². The number of carbonyl (C=O) groups is 2. The number of nitrogens with two attached hydrogens (primary N) is 1. The van der Waals surface area contributed by atoms with Gasteiger partial charge in [-0.3, -0.25) is 0 Å². The number of rotatable bonds is 6. The third kappa shape index (κ3) is 4.25. The molecule has 0 bridgehead atoms. The van der Waals surface area contributed by atoms with Gasteiger partial charge in [0.1, 0.15) is 12.4 Å². The fourth-order valence-electron chi connectivity index (χ4n) is 3.72. The van der Waals surface area contributed by atoms with Crippen molar-refractivity contribution in [2.45, 2.75) is 5.92 Å². The average Bonchev–Trinajstić information content (AvgIpc) is 3.10. The molecule has 4 N–H and O–H groups in total. The highest BCUT2D eigenvalue weighted by Gasteiger charge is 2.28. The van der Waals surface area contributed by atoms with Crippen molar-refractivity contribution in [1.82, 2.24) is 10.3 Å². The van der Waals surface area contributed by atoms with Gasteiger partial charge in [-0.25, -0.2) is 14.6 Å². The van der Waals surface area contributed by atoms with Crippen molar-refractivity contribution in [3.05, 3.63) is 89.1 Å². The normalized spacial score (nSPS) is 12.4. The highest BCUT2D eigenvalue weighted by Crippen LogP contribution is 2.44. The van der Waals surface area contributed by atoms with E-state index >= 15 is 0 Å². The van der Waals surface area contributed by atoms with Gasteiger partial charge in [-0.1, -0.05) is 60.7 Å². The maximum Gasteiger partial charge on any atom is 0.407 e. The highest BCUT2D eigenvalue weighted by atomic mass is 16.5. The minimum Gasteiger partial charge on any atom is -0.478 e. The molecular weight excluding hydrogens is 394 g/mol. The second-order valence-electron chi connectivity index (χ2n) is 7.11. The Morgan fingerprint density at radius 2 is 1.74 bits per heavy atom. The third-order valence-electron chi connectivity index (χ3n) is 5.20. The number of amides is 1. The SMILES string of the molecule is Nc1ncc(C(=O)O)cc1C=CCNC(=O)OCC1c2ccccc2-c2ccccc21. The predicted molar refractivity (Wildman–Crippen MR) is 118 cm³/mol. The number of fused-ring (bicyclic) bond motifs is 3. The van der Waals surface area contributed by atoms with Crippen LogP contribution in [0.15, 0.2) is 66.9 Å². The molecule has 0 saturated heterocycles. The van der Waals surface area contributed by atoms with Crippen molar-refractivity contribution in [3.63, 3.8) is 0 Å². The number of carboxylic acids is 1. The zero-order valence-electron chi connectivity index (χ0n) is 16.6. The Kier molecular flexibility index (Phi) is 5.66. The molecule has 3 aromatic rings. The number of carboxylic acid groups (broad SMARTS) is 1. The molecule has 0 fully saturated rings. The Hall–Kier alpha value is -4.13. The summed E-state index contributed by atoms with van der Waals surface area (Å²) in [6, 6.07) is 17.7. The Balaban J connectivity index is 1.34. The van der Waals surface area contributed by atoms with E-state index in [-0.39, 0.29) is 30.5 Å². The number of nitrogen functional groups attached to an aromatic ring is 1. The molecule has 7 heteroatoms. The van der Waals surface area contributed by atoms with Gasteiger partial charge < -0.3 is 20.9 Å². The van der Waals surface area contributed by atoms with Gasteiger partial charge >= 0.3 is 12.1 Å². The molecular formula is C24H21N3O4. The largest absolute Gasteiger partial charge is 0.478 e. The summed E-state index contributed by atoms with van der Waals surface area (Å²) in [7, 11) is 0. The number of pyridine rings is 1. The first-order chi connectivity index (χ1) is 15.0. The van der Waals surface area contributed by atoms with E-state index in [4.69, 9.17) is 15.6 Å². The van der Waals surface area contributed by atoms with Crippen LogP contribution in [0, 0.1) is 0 Å². The van der Waals surface area contributed by atoms with Gasteiger partial charge in [-0.15, -0.1) is 0 Å². The minimum absolute atomic E-state index is 0.00155. The Morgan fingerprint density at radius 1 is 1.10 bits per heavy atom. The zero-order chi connectivity index (χ0) is 21.8. The van der Waals surface area contributed by atoms with Gasteiger partial charge in [-0.05, 0) is 28.3 Å². The van der Waals surface area contributed by atoms with E-state index in [1.54, 1.807) is 12.2 Å². The van der Waals surface area contributed by atoms with Gasteiger partial charge in [0, 0.05) is 24.2 Å². The Bertz CT molecular complexity index is 1130. The van der Waals surface area contributed by atoms with Crippen LogP contribution < -0.4 is 11.1 Å². The lowest BCUT2D eigenvalue weighted by molar-refractivity contribution is 0.0696. The topological polar surface area (TPSA) is 115 Å². The lowest BCUT2D eigenvalue weighted by Gasteiger charge is -2.14. The highest BCUT2D eigenvalue weighted by molar-refractivity contribution is 5.88. The van der Waals surface area contributed by atoms with Crippen LogP contribution in [0.1, 0.15) is 33.0 Å². The number of hydrogen-bond acceptors (Lipinski definition) is 5. The van der Waals surface area contributed by atoms with Crippen molar-refractivity contribution in [2.24, 2.45) is 0 Å². The van der Waals surface area contributed by atoms with Crippen molar-refractivity contribution in [2.75, 3.05) is 18.9 Å². The van der Waals surface area contributed by atoms with Crippen LogP contribution in [0.25, 0.3) is 17.2 Å². The van der Waals surface area contributed by atoms with Crippen LogP contribution in [0.4, 0.5) is 10.6 Å². The van der Waals surface area contributed by atoms with Crippen LogP contribution in [-0.2, 0) is 4.74 Å². The number of aromatic carboxylic acids is 1. The molecule has 1 aromatic heterocycles. The molecule has 0 aliphatic heterocycles. The van der Waals surface area contributed by atoms with E-state index < -0.39 is 12.1 Å². The minimum atomic E-state index is -1.08. The average molecular weight is 415 g/mol. The second-order valence-corrected chi connectivity index (χ2v) is 7.11. The molecule has 1 amide bonds. The first-order valence-corrected chi connectivity index (χ1v) is 9.79. The summed E-state index contributed by atoms with van der Waals surface area (Å²) in [4.78, 5) is 27.1. The molecule has 31 heavy (non-hydrogen) atoms. The Morgan fingerprint density at radius 3 is 2.39 bits per heavy atom. The van der Waals surface area contributed by atoms with E-state index in [1.165, 1.54) is 23.4 Å². The summed E-state index contributed by atoms with van der Waals surface area (Å²) in [6.07, 6.45) is 3.93. The molecule has 0 atom stereocenters. The summed E-state index contributed by atoms with van der Waals surface area (Å²) in [5, 5.41) is 11.7. The number of ether oxygens (including phenoxy) is 1. The molecule has 2 aromatic carbocycles. The quantitative estimate of drug-likeness (QED) is 0.562. The number of nitrogens with one attached hydrogen (secondary N) is 1. The van der Waals surface area contributed by atoms with Crippen molar-refractivity contribution in [1.29, 1.82) is 0 Å². The number of benzene rings is 2. The maximum atomic E-state index is 12.2. The van der Waals surface area contributed by atoms with Crippen LogP contribution in [0.5, 0.6) is 0 Å². The summed E-state index contributed by atoms with van der Waals surface area (Å²) < 4.78 is 5.47. The first-order valence-electron chi connectivity index (χ1n) is 9.79. The molecule has 156 valence electrons. The van der Waals surface area contributed by atoms with Gasteiger partial charge in [0.05, 0.1) is 5.56 Å². The molecule has 1 aliphatic carbocycles. The van der Waals surface area contributed by atoms with E-state index in [1.807, 2.05) is 24.3 Å². The number of anilines is 1. The fraction of sp³-hybridized carbons (Fsp3) is 0.125. The standard InChI is InChI=1S/C24H21N3O4/c25-22-15(12-16(13-27-22)23(28)29)6-5-11-26-24(30)31-14-21-19-9-3-1-7-17(19)18-8-2-4-10-20(18)21/h1-10,12-13,21H,11,14H2,(H2,25,27)(H,26,30)(H,28,29). The fourth-order valence-corrected chi connectivity index (χ4v) is 3.72. The smallest absolute Gasteiger partial charge is 0.407 e. The lowest BCUT2D eigenvalue weighted by atomic mass is 9.98. The van der Waals surface area contributed by atoms with E-state index in [2.05, 4.69) is 34.6 Å². The Labute approximate surface area is 179 Å². The monoisotopic (exact) mass is 415 g/mol. The van der Waals surface area contributed by atoms with Gasteiger partial charge in [0.15, 0.2) is 0 Å². The summed E-state index contributed by atoms with van der Waals surface area (Å²) in [5.41, 5.74) is 10.9. The van der Waals surface area contributed by atoms with Crippen molar-refractivity contribution in [3.8, 4) is 11.1 Å². The molecule has 0 saturated carbocycles. The molecule has 1 heterocycles. The lowest BCUT2D eigenvalue weighted by Crippen LogP contribution is -2.26. The maximum absolute atomic E-state index is 12.2. The molecule has 0 spiro atoms. The van der Waals surface area contributed by atoms with Crippen molar-refractivity contribution < 1.29 is 19.4 Å². The summed E-state index contributed by atoms with van der Waals surface area (Å²) >= 11 is 0. The molecule has 0 radical (unpaired) electrons. The number of hydrogen-bond donors (Lipinski definition) is 3. The number of aromatic nitrogens is 1. The van der Waals surface area contributed by atoms with Crippen LogP contribution in [0.2, 0.25) is 0 Å². The van der Waals surface area contributed by atoms with E-state index in [0.717, 1.165) is 11.1 Å². The van der Waals surface area contributed by atoms with Crippen LogP contribution in [0.3, 0.4) is 0 Å². The first kappa shape index (κ1) is 20.2. The van der Waals surface area contributed by atoms with Crippen LogP contribution in [-0.4, -0.2) is 35.3 Å². The predicted octanol–water partition coefficient (Wildman–Crippen LogP) is 3.91. The van der Waals surface area contributed by atoms with Gasteiger partial charge in [0.2, 0.25) is 0 Å². The van der Waals surface area contributed by atoms with Gasteiger partial charge in [0.25, 0.3) is 0 Å². The zero-order valence-corrected chi connectivity index (χ0v) is 16.6. The summed E-state index contributed by atoms with van der Waals surface area (Å²) in [5.74, 6) is -0.875. The van der Waals surface area contributed by atoms with Crippen LogP contribution >= 0.6 is 0 Å². The van der Waals surface area contributed by atoms with Crippen molar-refractivity contribution >= 4 is 24.0 Å². The number of carbonyl (C=O) groups excluding carboxylic acids is 1. The molecule has 1 aliphatic rings. The number of nitrogens with zero attached hydrogens (tertiary/aromatic N) is 1. The van der Waals surface area contributed by atoms with E-state index in [9.17, 15) is 9.59 Å². The number of alkyl carbamates (subject to hydrolysis) is 1. The third-order valence-corrected chi connectivity index (χ3v) is 5.20. The second kappa shape index (κ2) is 8.71. The molecule has 7 nitrogen and oxygen atoms in total.